The molecule has 1 aromatic carbocycles. The first kappa shape index (κ1) is 16.0. The molecular formula is C12H13BrF3NO2. The maximum atomic E-state index is 11.8. The van der Waals surface area contributed by atoms with Gasteiger partial charge in [-0.2, -0.15) is 13.2 Å². The molecule has 1 aromatic rings. The number of aryl methyl sites for hydroxylation is 1. The molecule has 1 rings (SSSR count). The van der Waals surface area contributed by atoms with Crippen LogP contribution in [0.4, 0.5) is 18.9 Å². The van der Waals surface area contributed by atoms with Crippen molar-refractivity contribution in [1.82, 2.24) is 0 Å². The molecular weight excluding hydrogens is 327 g/mol. The highest BCUT2D eigenvalue weighted by Gasteiger charge is 2.27. The smallest absolute Gasteiger partial charge is 0.372 e. The summed E-state index contributed by atoms with van der Waals surface area (Å²) < 4.78 is 40.6. The lowest BCUT2D eigenvalue weighted by Crippen LogP contribution is -2.20. The summed E-state index contributed by atoms with van der Waals surface area (Å²) in [6.45, 7) is 0.269. The standard InChI is InChI=1S/C12H13BrF3NO2/c1-8-6-9(2-3-10(8)13)17-11(18)4-5-19-7-12(14,15)16/h2-3,6H,4-5,7H2,1H3,(H,17,18). The Balaban J connectivity index is 2.33. The Labute approximate surface area is 117 Å². The van der Waals surface area contributed by atoms with Crippen LogP contribution in [-0.4, -0.2) is 25.3 Å². The monoisotopic (exact) mass is 339 g/mol. The Morgan fingerprint density at radius 2 is 2.11 bits per heavy atom. The van der Waals surface area contributed by atoms with E-state index in [1.54, 1.807) is 18.2 Å². The molecule has 0 spiro atoms. The molecule has 7 heteroatoms. The molecule has 1 N–H and O–H groups in total. The van der Waals surface area contributed by atoms with Gasteiger partial charge in [0, 0.05) is 10.2 Å². The van der Waals surface area contributed by atoms with Gasteiger partial charge in [0.25, 0.3) is 0 Å². The average molecular weight is 340 g/mol. The molecule has 0 unspecified atom stereocenters. The van der Waals surface area contributed by atoms with E-state index in [4.69, 9.17) is 0 Å². The van der Waals surface area contributed by atoms with E-state index in [1.807, 2.05) is 6.92 Å². The Kier molecular flexibility index (Phi) is 5.81. The summed E-state index contributed by atoms with van der Waals surface area (Å²) in [5.41, 5.74) is 1.55. The fraction of sp³-hybridized carbons (Fsp3) is 0.417. The fourth-order valence-electron chi connectivity index (χ4n) is 1.30. The number of benzene rings is 1. The molecule has 0 aliphatic heterocycles. The van der Waals surface area contributed by atoms with Gasteiger partial charge < -0.3 is 10.1 Å². The van der Waals surface area contributed by atoms with Crippen LogP contribution in [0.15, 0.2) is 22.7 Å². The summed E-state index contributed by atoms with van der Waals surface area (Å²) in [6, 6.07) is 5.25. The van der Waals surface area contributed by atoms with Gasteiger partial charge in [-0.15, -0.1) is 0 Å². The molecule has 0 aromatic heterocycles. The fourth-order valence-corrected chi connectivity index (χ4v) is 1.55. The molecule has 0 atom stereocenters. The van der Waals surface area contributed by atoms with Gasteiger partial charge >= 0.3 is 6.18 Å². The van der Waals surface area contributed by atoms with Crippen molar-refractivity contribution in [1.29, 1.82) is 0 Å². The predicted molar refractivity (Wildman–Crippen MR) is 69.0 cm³/mol. The highest BCUT2D eigenvalue weighted by Crippen LogP contribution is 2.20. The molecule has 19 heavy (non-hydrogen) atoms. The van der Waals surface area contributed by atoms with Crippen LogP contribution in [0.5, 0.6) is 0 Å². The number of ether oxygens (including phenoxy) is 1. The zero-order chi connectivity index (χ0) is 14.5. The second-order valence-corrected chi connectivity index (χ2v) is 4.78. The minimum absolute atomic E-state index is 0.120. The van der Waals surface area contributed by atoms with Crippen LogP contribution in [0.2, 0.25) is 0 Å². The van der Waals surface area contributed by atoms with E-state index in [0.717, 1.165) is 10.0 Å². The third-order valence-electron chi connectivity index (χ3n) is 2.18. The summed E-state index contributed by atoms with van der Waals surface area (Å²) in [5.74, 6) is -0.385. The number of hydrogen-bond acceptors (Lipinski definition) is 2. The van der Waals surface area contributed by atoms with E-state index < -0.39 is 12.8 Å². The number of carbonyl (C=O) groups excluding carboxylic acids is 1. The van der Waals surface area contributed by atoms with Gasteiger partial charge in [-0.05, 0) is 30.7 Å². The largest absolute Gasteiger partial charge is 0.411 e. The minimum Gasteiger partial charge on any atom is -0.372 e. The van der Waals surface area contributed by atoms with Crippen molar-refractivity contribution in [2.75, 3.05) is 18.5 Å². The van der Waals surface area contributed by atoms with Crippen molar-refractivity contribution >= 4 is 27.5 Å². The van der Waals surface area contributed by atoms with Gasteiger partial charge in [0.05, 0.1) is 13.0 Å². The van der Waals surface area contributed by atoms with E-state index in [9.17, 15) is 18.0 Å². The van der Waals surface area contributed by atoms with Crippen LogP contribution >= 0.6 is 15.9 Å². The van der Waals surface area contributed by atoms with Gasteiger partial charge in [-0.3, -0.25) is 4.79 Å². The summed E-state index contributed by atoms with van der Waals surface area (Å²) in [5, 5.41) is 2.59. The van der Waals surface area contributed by atoms with E-state index in [1.165, 1.54) is 0 Å². The molecule has 0 bridgehead atoms. The number of amides is 1. The first-order valence-corrected chi connectivity index (χ1v) is 6.28. The molecule has 0 aliphatic carbocycles. The first-order valence-electron chi connectivity index (χ1n) is 5.48. The van der Waals surface area contributed by atoms with Gasteiger partial charge in [-0.1, -0.05) is 15.9 Å². The Morgan fingerprint density at radius 3 is 2.68 bits per heavy atom. The highest BCUT2D eigenvalue weighted by molar-refractivity contribution is 9.10. The lowest BCUT2D eigenvalue weighted by Gasteiger charge is -2.09. The van der Waals surface area contributed by atoms with E-state index in [-0.39, 0.29) is 18.9 Å². The molecule has 3 nitrogen and oxygen atoms in total. The number of alkyl halides is 3. The van der Waals surface area contributed by atoms with Gasteiger partial charge in [0.2, 0.25) is 5.91 Å². The zero-order valence-electron chi connectivity index (χ0n) is 10.2. The van der Waals surface area contributed by atoms with Crippen LogP contribution in [0.25, 0.3) is 0 Å². The molecule has 0 saturated carbocycles. The third-order valence-corrected chi connectivity index (χ3v) is 3.07. The third kappa shape index (κ3) is 6.58. The number of halogens is 4. The van der Waals surface area contributed by atoms with Crippen molar-refractivity contribution in [2.45, 2.75) is 19.5 Å². The lowest BCUT2D eigenvalue weighted by molar-refractivity contribution is -0.174. The molecule has 0 aliphatic rings. The minimum atomic E-state index is -4.36. The Hall–Kier alpha value is -1.08. The SMILES string of the molecule is Cc1cc(NC(=O)CCOCC(F)(F)F)ccc1Br. The summed E-state index contributed by atoms with van der Waals surface area (Å²) >= 11 is 3.33. The molecule has 1 amide bonds. The molecule has 106 valence electrons. The van der Waals surface area contributed by atoms with Crippen molar-refractivity contribution < 1.29 is 22.7 Å². The van der Waals surface area contributed by atoms with Crippen LogP contribution in [0.3, 0.4) is 0 Å². The van der Waals surface area contributed by atoms with E-state index in [0.29, 0.717) is 5.69 Å². The summed E-state index contributed by atoms with van der Waals surface area (Å²) in [6.07, 6.45) is -4.48. The Bertz CT molecular complexity index is 449. The predicted octanol–water partition coefficient (Wildman–Crippen LogP) is 3.67. The maximum Gasteiger partial charge on any atom is 0.411 e. The molecule has 0 saturated heterocycles. The topological polar surface area (TPSA) is 38.3 Å². The van der Waals surface area contributed by atoms with E-state index in [2.05, 4.69) is 26.0 Å². The van der Waals surface area contributed by atoms with E-state index >= 15 is 0 Å². The van der Waals surface area contributed by atoms with Crippen molar-refractivity contribution in [3.8, 4) is 0 Å². The molecule has 0 heterocycles. The van der Waals surface area contributed by atoms with Crippen molar-refractivity contribution in [3.63, 3.8) is 0 Å². The Morgan fingerprint density at radius 1 is 1.42 bits per heavy atom. The normalized spacial score (nSPS) is 11.4. The van der Waals surface area contributed by atoms with Gasteiger partial charge in [0.1, 0.15) is 6.61 Å². The average Bonchev–Trinajstić information content (AvgIpc) is 2.28. The summed E-state index contributed by atoms with van der Waals surface area (Å²) in [7, 11) is 0. The zero-order valence-corrected chi connectivity index (χ0v) is 11.8. The lowest BCUT2D eigenvalue weighted by atomic mass is 10.2. The second kappa shape index (κ2) is 6.91. The number of rotatable bonds is 5. The van der Waals surface area contributed by atoms with Crippen LogP contribution in [0.1, 0.15) is 12.0 Å². The van der Waals surface area contributed by atoms with Crippen LogP contribution in [0, 0.1) is 6.92 Å². The van der Waals surface area contributed by atoms with Crippen LogP contribution in [-0.2, 0) is 9.53 Å². The van der Waals surface area contributed by atoms with Crippen molar-refractivity contribution in [3.05, 3.63) is 28.2 Å². The van der Waals surface area contributed by atoms with Gasteiger partial charge in [0.15, 0.2) is 0 Å². The quantitative estimate of drug-likeness (QED) is 0.831. The molecule has 0 radical (unpaired) electrons. The van der Waals surface area contributed by atoms with Gasteiger partial charge in [-0.25, -0.2) is 0 Å². The highest BCUT2D eigenvalue weighted by atomic mass is 79.9. The van der Waals surface area contributed by atoms with Crippen molar-refractivity contribution in [2.24, 2.45) is 0 Å². The number of anilines is 1. The number of nitrogens with one attached hydrogen (secondary N) is 1. The second-order valence-electron chi connectivity index (χ2n) is 3.93. The number of hydrogen-bond donors (Lipinski definition) is 1. The van der Waals surface area contributed by atoms with Crippen LogP contribution < -0.4 is 5.32 Å². The maximum absolute atomic E-state index is 11.8. The number of carbonyl (C=O) groups is 1. The molecule has 0 fully saturated rings. The summed E-state index contributed by atoms with van der Waals surface area (Å²) in [4.78, 5) is 11.4. The first-order chi connectivity index (χ1) is 8.78.